The zero-order chi connectivity index (χ0) is 22.1. The highest BCUT2D eigenvalue weighted by molar-refractivity contribution is 5.44. The summed E-state index contributed by atoms with van der Waals surface area (Å²) in [5, 5.41) is 3.45. The smallest absolute Gasteiger partial charge is 0.416 e. The van der Waals surface area contributed by atoms with Gasteiger partial charge < -0.3 is 19.5 Å². The highest BCUT2D eigenvalue weighted by Crippen LogP contribution is 2.45. The van der Waals surface area contributed by atoms with E-state index in [1.54, 1.807) is 0 Å². The van der Waals surface area contributed by atoms with E-state index in [0.717, 1.165) is 35.1 Å². The zero-order valence-corrected chi connectivity index (χ0v) is 17.8. The van der Waals surface area contributed by atoms with Crippen LogP contribution in [0, 0.1) is 0 Å². The Balaban J connectivity index is 1.48. The lowest BCUT2D eigenvalue weighted by atomic mass is 9.67. The van der Waals surface area contributed by atoms with Gasteiger partial charge in [-0.1, -0.05) is 24.3 Å². The molecule has 0 aliphatic carbocycles. The van der Waals surface area contributed by atoms with E-state index in [0.29, 0.717) is 32.5 Å². The minimum atomic E-state index is -4.35. The number of hydrogen-bond donors (Lipinski definition) is 1. The van der Waals surface area contributed by atoms with Gasteiger partial charge >= 0.3 is 6.18 Å². The van der Waals surface area contributed by atoms with Crippen molar-refractivity contribution in [3.05, 3.63) is 59.2 Å². The van der Waals surface area contributed by atoms with Crippen LogP contribution in [0.1, 0.15) is 49.8 Å². The van der Waals surface area contributed by atoms with Crippen LogP contribution >= 0.6 is 0 Å². The molecule has 168 valence electrons. The largest absolute Gasteiger partial charge is 0.454 e. The number of halogens is 3. The molecule has 4 rings (SSSR count). The molecule has 0 spiro atoms. The molecule has 0 amide bonds. The first-order valence-corrected chi connectivity index (χ1v) is 10.6. The first-order valence-electron chi connectivity index (χ1n) is 10.6. The van der Waals surface area contributed by atoms with Crippen LogP contribution in [0.15, 0.2) is 42.5 Å². The molecule has 7 heteroatoms. The molecular formula is C24H28F3NO3. The summed E-state index contributed by atoms with van der Waals surface area (Å²) in [6.45, 7) is 6.12. The SMILES string of the molecule is CC1(C)C[C@](CCNCc2ccc3c(c2)OCO3)(c2cccc(C(F)(F)F)c2)CCO1. The average molecular weight is 435 g/mol. The summed E-state index contributed by atoms with van der Waals surface area (Å²) < 4.78 is 56.7. The standard InChI is InChI=1S/C24H28F3NO3/c1-22(2)15-23(9-11-31-22,18-4-3-5-19(13-18)24(25,26)27)8-10-28-14-17-6-7-20-21(12-17)30-16-29-20/h3-7,12-13,28H,8-11,14-16H2,1-2H3/t23-/m1/s1. The first kappa shape index (κ1) is 22.0. The Hall–Kier alpha value is -2.25. The molecule has 2 aromatic rings. The van der Waals surface area contributed by atoms with Crippen LogP contribution in [-0.2, 0) is 22.9 Å². The van der Waals surface area contributed by atoms with E-state index in [9.17, 15) is 13.2 Å². The number of ether oxygens (including phenoxy) is 3. The van der Waals surface area contributed by atoms with Gasteiger partial charge in [-0.05, 0) is 69.0 Å². The Kier molecular flexibility index (Phi) is 5.92. The van der Waals surface area contributed by atoms with Gasteiger partial charge in [0.2, 0.25) is 6.79 Å². The Morgan fingerprint density at radius 1 is 1.03 bits per heavy atom. The van der Waals surface area contributed by atoms with Crippen LogP contribution in [0.3, 0.4) is 0 Å². The van der Waals surface area contributed by atoms with Gasteiger partial charge in [0.15, 0.2) is 11.5 Å². The molecule has 2 aliphatic heterocycles. The van der Waals surface area contributed by atoms with E-state index in [4.69, 9.17) is 14.2 Å². The van der Waals surface area contributed by atoms with Crippen molar-refractivity contribution in [3.8, 4) is 11.5 Å². The predicted molar refractivity (Wildman–Crippen MR) is 111 cm³/mol. The molecule has 1 fully saturated rings. The quantitative estimate of drug-likeness (QED) is 0.614. The van der Waals surface area contributed by atoms with E-state index in [1.807, 2.05) is 38.1 Å². The van der Waals surface area contributed by atoms with Gasteiger partial charge in [-0.2, -0.15) is 13.2 Å². The molecule has 0 bridgehead atoms. The highest BCUT2D eigenvalue weighted by atomic mass is 19.4. The van der Waals surface area contributed by atoms with E-state index in [2.05, 4.69) is 5.32 Å². The molecule has 0 unspecified atom stereocenters. The number of nitrogens with one attached hydrogen (secondary N) is 1. The van der Waals surface area contributed by atoms with Crippen molar-refractivity contribution in [1.82, 2.24) is 5.32 Å². The van der Waals surface area contributed by atoms with Crippen LogP contribution < -0.4 is 14.8 Å². The molecule has 1 saturated heterocycles. The van der Waals surface area contributed by atoms with Crippen molar-refractivity contribution >= 4 is 0 Å². The summed E-state index contributed by atoms with van der Waals surface area (Å²) in [5.74, 6) is 1.49. The molecule has 0 aromatic heterocycles. The fourth-order valence-corrected chi connectivity index (χ4v) is 4.72. The summed E-state index contributed by atoms with van der Waals surface area (Å²) in [4.78, 5) is 0. The van der Waals surface area contributed by atoms with Crippen molar-refractivity contribution in [2.45, 2.75) is 56.8 Å². The molecule has 1 N–H and O–H groups in total. The lowest BCUT2D eigenvalue weighted by Crippen LogP contribution is -2.45. The second-order valence-electron chi connectivity index (χ2n) is 9.01. The molecule has 0 saturated carbocycles. The lowest BCUT2D eigenvalue weighted by molar-refractivity contribution is -0.137. The normalized spacial score (nSPS) is 22.5. The van der Waals surface area contributed by atoms with E-state index in [1.165, 1.54) is 12.1 Å². The van der Waals surface area contributed by atoms with Crippen molar-refractivity contribution in [1.29, 1.82) is 0 Å². The number of fused-ring (bicyclic) bond motifs is 1. The predicted octanol–water partition coefficient (Wildman–Crippen LogP) is 5.44. The minimum absolute atomic E-state index is 0.240. The van der Waals surface area contributed by atoms with Crippen molar-refractivity contribution in [2.24, 2.45) is 0 Å². The van der Waals surface area contributed by atoms with E-state index in [-0.39, 0.29) is 17.8 Å². The second-order valence-corrected chi connectivity index (χ2v) is 9.01. The second kappa shape index (κ2) is 8.36. The maximum absolute atomic E-state index is 13.3. The number of benzene rings is 2. The third kappa shape index (κ3) is 4.99. The summed E-state index contributed by atoms with van der Waals surface area (Å²) in [6.07, 6.45) is -2.25. The van der Waals surface area contributed by atoms with Crippen LogP contribution in [0.5, 0.6) is 11.5 Å². The first-order chi connectivity index (χ1) is 14.7. The minimum Gasteiger partial charge on any atom is -0.454 e. The van der Waals surface area contributed by atoms with Gasteiger partial charge in [-0.25, -0.2) is 0 Å². The number of hydrogen-bond acceptors (Lipinski definition) is 4. The van der Waals surface area contributed by atoms with Crippen LogP contribution in [0.2, 0.25) is 0 Å². The van der Waals surface area contributed by atoms with Crippen LogP contribution in [0.25, 0.3) is 0 Å². The zero-order valence-electron chi connectivity index (χ0n) is 17.8. The van der Waals surface area contributed by atoms with E-state index >= 15 is 0 Å². The molecule has 1 atom stereocenters. The maximum atomic E-state index is 13.3. The maximum Gasteiger partial charge on any atom is 0.416 e. The summed E-state index contributed by atoms with van der Waals surface area (Å²) in [7, 11) is 0. The molecule has 2 aliphatic rings. The topological polar surface area (TPSA) is 39.7 Å². The van der Waals surface area contributed by atoms with Gasteiger partial charge in [0.25, 0.3) is 0 Å². The molecule has 0 radical (unpaired) electrons. The third-order valence-electron chi connectivity index (χ3n) is 6.19. The molecule has 31 heavy (non-hydrogen) atoms. The Labute approximate surface area is 180 Å². The summed E-state index contributed by atoms with van der Waals surface area (Å²) in [5.41, 5.74) is 0.463. The molecule has 2 heterocycles. The van der Waals surface area contributed by atoms with Crippen LogP contribution in [0.4, 0.5) is 13.2 Å². The van der Waals surface area contributed by atoms with Crippen molar-refractivity contribution in [3.63, 3.8) is 0 Å². The summed E-state index contributed by atoms with van der Waals surface area (Å²) in [6, 6.07) is 11.6. The van der Waals surface area contributed by atoms with Gasteiger partial charge in [-0.15, -0.1) is 0 Å². The highest BCUT2D eigenvalue weighted by Gasteiger charge is 2.42. The fourth-order valence-electron chi connectivity index (χ4n) is 4.72. The van der Waals surface area contributed by atoms with Gasteiger partial charge in [0.1, 0.15) is 0 Å². The number of rotatable bonds is 6. The molecular weight excluding hydrogens is 407 g/mol. The van der Waals surface area contributed by atoms with Crippen molar-refractivity contribution < 1.29 is 27.4 Å². The van der Waals surface area contributed by atoms with E-state index < -0.39 is 11.7 Å². The van der Waals surface area contributed by atoms with Gasteiger partial charge in [0.05, 0.1) is 11.2 Å². The Morgan fingerprint density at radius 3 is 2.61 bits per heavy atom. The monoisotopic (exact) mass is 435 g/mol. The lowest BCUT2D eigenvalue weighted by Gasteiger charge is -2.46. The fraction of sp³-hybridized carbons (Fsp3) is 0.500. The van der Waals surface area contributed by atoms with Gasteiger partial charge in [0, 0.05) is 18.6 Å². The van der Waals surface area contributed by atoms with Gasteiger partial charge in [-0.3, -0.25) is 0 Å². The van der Waals surface area contributed by atoms with Crippen LogP contribution in [-0.4, -0.2) is 25.5 Å². The third-order valence-corrected chi connectivity index (χ3v) is 6.19. The Morgan fingerprint density at radius 2 is 1.84 bits per heavy atom. The molecule has 2 aromatic carbocycles. The Bertz CT molecular complexity index is 929. The summed E-state index contributed by atoms with van der Waals surface area (Å²) >= 11 is 0. The molecule has 4 nitrogen and oxygen atoms in total. The average Bonchev–Trinajstić information content (AvgIpc) is 3.18. The number of alkyl halides is 3. The van der Waals surface area contributed by atoms with Crippen molar-refractivity contribution in [2.75, 3.05) is 19.9 Å².